The smallest absolute Gasteiger partial charge is 0.330 e. The van der Waals surface area contributed by atoms with E-state index in [0.29, 0.717) is 12.6 Å². The summed E-state index contributed by atoms with van der Waals surface area (Å²) in [5.41, 5.74) is 0. The van der Waals surface area contributed by atoms with Gasteiger partial charge in [0.2, 0.25) is 0 Å². The number of halogens is 1. The summed E-state index contributed by atoms with van der Waals surface area (Å²) in [5, 5.41) is 0. The molecule has 0 radical (unpaired) electrons. The Hall–Kier alpha value is -0.350. The van der Waals surface area contributed by atoms with Crippen LogP contribution in [0.3, 0.4) is 0 Å². The summed E-state index contributed by atoms with van der Waals surface area (Å²) >= 11 is 0. The molecule has 4 heteroatoms. The van der Waals surface area contributed by atoms with E-state index in [2.05, 4.69) is 34.5 Å². The van der Waals surface area contributed by atoms with Gasteiger partial charge in [0.15, 0.2) is 0 Å². The van der Waals surface area contributed by atoms with Crippen molar-refractivity contribution in [1.29, 1.82) is 0 Å². The van der Waals surface area contributed by atoms with Crippen molar-refractivity contribution in [2.75, 3.05) is 27.2 Å². The lowest BCUT2D eigenvalue weighted by Crippen LogP contribution is -3.00. The van der Waals surface area contributed by atoms with Crippen LogP contribution in [0.4, 0.5) is 0 Å². The summed E-state index contributed by atoms with van der Waals surface area (Å²) in [6.07, 6.45) is 9.10. The number of nitrogens with zero attached hydrogens (tertiary/aromatic N) is 1. The number of rotatable bonds is 11. The second-order valence-corrected chi connectivity index (χ2v) is 5.93. The minimum absolute atomic E-state index is 0. The highest BCUT2D eigenvalue weighted by molar-refractivity contribution is 5.81. The van der Waals surface area contributed by atoms with Crippen LogP contribution in [0.1, 0.15) is 52.4 Å². The standard InChI is InChI=1S/C16H32NO2.BrH/c1-6-8-9-10-11-12-15(3)17(4,5)13-14-19-16(18)7-2;/h7,15H,2,6,8-14H2,1,3-5H3;1H/q+1;/p-1. The largest absolute Gasteiger partial charge is 1.00 e. The topological polar surface area (TPSA) is 26.3 Å². The molecule has 0 bridgehead atoms. The summed E-state index contributed by atoms with van der Waals surface area (Å²) < 4.78 is 5.96. The number of quaternary nitrogens is 1. The minimum atomic E-state index is -0.327. The Labute approximate surface area is 135 Å². The molecule has 20 heavy (non-hydrogen) atoms. The zero-order valence-electron chi connectivity index (χ0n) is 13.7. The second-order valence-electron chi connectivity index (χ2n) is 5.93. The average molecular weight is 350 g/mol. The number of esters is 1. The number of ether oxygens (including phenoxy) is 1. The van der Waals surface area contributed by atoms with Gasteiger partial charge < -0.3 is 26.2 Å². The number of likely N-dealkylation sites (N-methyl/N-ethyl adjacent to an activating group) is 1. The first-order chi connectivity index (χ1) is 8.94. The van der Waals surface area contributed by atoms with Crippen LogP contribution in [0.2, 0.25) is 0 Å². The molecular formula is C16H32BrNO2. The lowest BCUT2D eigenvalue weighted by atomic mass is 10.1. The summed E-state index contributed by atoms with van der Waals surface area (Å²) in [6.45, 7) is 9.25. The molecule has 0 amide bonds. The lowest BCUT2D eigenvalue weighted by molar-refractivity contribution is -0.913. The van der Waals surface area contributed by atoms with E-state index in [1.54, 1.807) is 0 Å². The quantitative estimate of drug-likeness (QED) is 0.235. The van der Waals surface area contributed by atoms with E-state index in [4.69, 9.17) is 4.74 Å². The zero-order valence-corrected chi connectivity index (χ0v) is 15.2. The van der Waals surface area contributed by atoms with Gasteiger partial charge >= 0.3 is 5.97 Å². The molecule has 120 valence electrons. The van der Waals surface area contributed by atoms with Crippen molar-refractivity contribution < 1.29 is 31.0 Å². The third kappa shape index (κ3) is 10.4. The number of hydrogen-bond acceptors (Lipinski definition) is 2. The van der Waals surface area contributed by atoms with Gasteiger partial charge in [-0.2, -0.15) is 0 Å². The van der Waals surface area contributed by atoms with Crippen LogP contribution >= 0.6 is 0 Å². The molecule has 0 aromatic carbocycles. The maximum absolute atomic E-state index is 11.0. The molecule has 0 rings (SSSR count). The van der Waals surface area contributed by atoms with Gasteiger partial charge in [-0.3, -0.25) is 0 Å². The van der Waals surface area contributed by atoms with Crippen LogP contribution < -0.4 is 17.0 Å². The van der Waals surface area contributed by atoms with Gasteiger partial charge in [-0.15, -0.1) is 0 Å². The van der Waals surface area contributed by atoms with E-state index in [9.17, 15) is 4.79 Å². The minimum Gasteiger partial charge on any atom is -1.00 e. The van der Waals surface area contributed by atoms with E-state index in [1.807, 2.05) is 0 Å². The van der Waals surface area contributed by atoms with Crippen molar-refractivity contribution in [3.63, 3.8) is 0 Å². The molecule has 0 aromatic heterocycles. The molecule has 0 spiro atoms. The first-order valence-corrected chi connectivity index (χ1v) is 7.56. The molecule has 0 saturated carbocycles. The van der Waals surface area contributed by atoms with Crippen molar-refractivity contribution in [2.45, 2.75) is 58.4 Å². The van der Waals surface area contributed by atoms with Crippen molar-refractivity contribution >= 4 is 5.97 Å². The van der Waals surface area contributed by atoms with Crippen LogP contribution in [0.15, 0.2) is 12.7 Å². The number of carbonyl (C=O) groups excluding carboxylic acids is 1. The van der Waals surface area contributed by atoms with Crippen LogP contribution in [0, 0.1) is 0 Å². The molecule has 1 unspecified atom stereocenters. The van der Waals surface area contributed by atoms with Gasteiger partial charge in [0, 0.05) is 6.08 Å². The molecule has 0 aliphatic heterocycles. The highest BCUT2D eigenvalue weighted by atomic mass is 79.9. The number of carbonyl (C=O) groups is 1. The van der Waals surface area contributed by atoms with Gasteiger partial charge in [-0.25, -0.2) is 4.79 Å². The van der Waals surface area contributed by atoms with E-state index >= 15 is 0 Å². The Balaban J connectivity index is 0. The van der Waals surface area contributed by atoms with Crippen molar-refractivity contribution in [2.24, 2.45) is 0 Å². The first kappa shape index (κ1) is 21.9. The lowest BCUT2D eigenvalue weighted by Gasteiger charge is -2.36. The highest BCUT2D eigenvalue weighted by Gasteiger charge is 2.23. The maximum Gasteiger partial charge on any atom is 0.330 e. The van der Waals surface area contributed by atoms with Crippen LogP contribution in [-0.2, 0) is 9.53 Å². The Morgan fingerprint density at radius 1 is 1.25 bits per heavy atom. The molecule has 0 fully saturated rings. The second kappa shape index (κ2) is 12.4. The predicted octanol–water partition coefficient (Wildman–Crippen LogP) is 0.545. The number of hydrogen-bond donors (Lipinski definition) is 0. The molecular weight excluding hydrogens is 318 g/mol. The Bertz CT molecular complexity index is 267. The van der Waals surface area contributed by atoms with Gasteiger partial charge in [-0.05, 0) is 19.8 Å². The van der Waals surface area contributed by atoms with Crippen LogP contribution in [0.25, 0.3) is 0 Å². The first-order valence-electron chi connectivity index (χ1n) is 7.56. The third-order valence-corrected chi connectivity index (χ3v) is 4.00. The fraction of sp³-hybridized carbons (Fsp3) is 0.812. The zero-order chi connectivity index (χ0) is 14.7. The van der Waals surface area contributed by atoms with E-state index in [-0.39, 0.29) is 23.0 Å². The summed E-state index contributed by atoms with van der Waals surface area (Å²) in [5.74, 6) is -0.327. The van der Waals surface area contributed by atoms with Gasteiger partial charge in [0.1, 0.15) is 13.2 Å². The predicted molar refractivity (Wildman–Crippen MR) is 81.0 cm³/mol. The van der Waals surface area contributed by atoms with Crippen molar-refractivity contribution in [1.82, 2.24) is 0 Å². The van der Waals surface area contributed by atoms with Crippen LogP contribution in [-0.4, -0.2) is 43.7 Å². The maximum atomic E-state index is 11.0. The molecule has 0 N–H and O–H groups in total. The summed E-state index contributed by atoms with van der Waals surface area (Å²) in [4.78, 5) is 11.0. The Kier molecular flexibility index (Phi) is 13.6. The summed E-state index contributed by atoms with van der Waals surface area (Å²) in [7, 11) is 4.41. The van der Waals surface area contributed by atoms with Gasteiger partial charge in [0.25, 0.3) is 0 Å². The van der Waals surface area contributed by atoms with Crippen molar-refractivity contribution in [3.8, 4) is 0 Å². The normalized spacial score (nSPS) is 12.4. The summed E-state index contributed by atoms with van der Waals surface area (Å²) in [6, 6.07) is 0.601. The Morgan fingerprint density at radius 2 is 1.85 bits per heavy atom. The van der Waals surface area contributed by atoms with E-state index < -0.39 is 0 Å². The highest BCUT2D eigenvalue weighted by Crippen LogP contribution is 2.15. The molecule has 0 aliphatic carbocycles. The molecule has 0 saturated heterocycles. The van der Waals surface area contributed by atoms with Gasteiger partial charge in [0.05, 0.1) is 20.1 Å². The van der Waals surface area contributed by atoms with E-state index in [0.717, 1.165) is 11.0 Å². The fourth-order valence-electron chi connectivity index (χ4n) is 2.05. The van der Waals surface area contributed by atoms with Crippen molar-refractivity contribution in [3.05, 3.63) is 12.7 Å². The molecule has 0 aliphatic rings. The molecule has 1 atom stereocenters. The Morgan fingerprint density at radius 3 is 2.40 bits per heavy atom. The monoisotopic (exact) mass is 349 g/mol. The SMILES string of the molecule is C=CC(=O)OCC[N+](C)(C)C(C)CCCCCCC.[Br-]. The van der Waals surface area contributed by atoms with Crippen LogP contribution in [0.5, 0.6) is 0 Å². The molecule has 3 nitrogen and oxygen atoms in total. The van der Waals surface area contributed by atoms with Gasteiger partial charge in [-0.1, -0.05) is 39.2 Å². The molecule has 0 heterocycles. The molecule has 0 aromatic rings. The third-order valence-electron chi connectivity index (χ3n) is 4.00. The number of unbranched alkanes of at least 4 members (excludes halogenated alkanes) is 4. The van der Waals surface area contributed by atoms with E-state index in [1.165, 1.54) is 44.6 Å². The fourth-order valence-corrected chi connectivity index (χ4v) is 2.05. The average Bonchev–Trinajstić information content (AvgIpc) is 2.37.